The van der Waals surface area contributed by atoms with Crippen LogP contribution in [-0.4, -0.2) is 54.8 Å². The number of carbonyl (C=O) groups is 1. The van der Waals surface area contributed by atoms with Gasteiger partial charge in [0.25, 0.3) is 5.91 Å². The molecular weight excluding hydrogens is 284 g/mol. The Labute approximate surface area is 118 Å². The summed E-state index contributed by atoms with van der Waals surface area (Å²) in [6, 6.07) is -0.512. The van der Waals surface area contributed by atoms with Gasteiger partial charge in [0, 0.05) is 0 Å². The number of amides is 1. The molecule has 2 aliphatic rings. The van der Waals surface area contributed by atoms with Gasteiger partial charge < -0.3 is 27.0 Å². The number of aliphatic imine (C=N–C) groups is 1. The number of nitrogens with one attached hydrogen (secondary N) is 1. The van der Waals surface area contributed by atoms with Crippen molar-refractivity contribution in [3.05, 3.63) is 12.0 Å². The molecule has 3 heterocycles. The zero-order valence-electron chi connectivity index (χ0n) is 10.3. The molecule has 0 fully saturated rings. The van der Waals surface area contributed by atoms with Gasteiger partial charge >= 0.3 is 0 Å². The number of nitrogens with zero attached hydrogens (tertiary/aromatic N) is 3. The number of aromatic nitrogens is 2. The van der Waals surface area contributed by atoms with E-state index in [4.69, 9.17) is 16.6 Å². The van der Waals surface area contributed by atoms with Crippen molar-refractivity contribution in [1.29, 1.82) is 0 Å². The average molecular weight is 298 g/mol. The molecule has 0 spiro atoms. The predicted octanol–water partition coefficient (Wildman–Crippen LogP) is -1.94. The molecule has 1 aromatic heterocycles. The molecule has 0 radical (unpaired) electrons. The Morgan fingerprint density at radius 2 is 2.40 bits per heavy atom. The van der Waals surface area contributed by atoms with Crippen molar-refractivity contribution in [3.8, 4) is 0 Å². The van der Waals surface area contributed by atoms with Gasteiger partial charge in [-0.1, -0.05) is 11.8 Å². The molecule has 0 unspecified atom stereocenters. The first kappa shape index (κ1) is 13.2. The summed E-state index contributed by atoms with van der Waals surface area (Å²) in [7, 11) is 0. The van der Waals surface area contributed by atoms with Crippen LogP contribution in [0.2, 0.25) is 0 Å². The lowest BCUT2D eigenvalue weighted by atomic mass is 10.0. The molecule has 0 saturated carbocycles. The number of amidine groups is 1. The summed E-state index contributed by atoms with van der Waals surface area (Å²) in [5.74, 6) is -0.292. The Bertz CT molecular complexity index is 588. The van der Waals surface area contributed by atoms with E-state index in [1.165, 1.54) is 18.1 Å². The molecule has 4 atom stereocenters. The van der Waals surface area contributed by atoms with E-state index in [1.807, 2.05) is 0 Å². The maximum absolute atomic E-state index is 11.4. The number of primary amides is 1. The number of hydrogen-bond acceptors (Lipinski definition) is 8. The third kappa shape index (κ3) is 1.84. The van der Waals surface area contributed by atoms with Crippen molar-refractivity contribution in [2.24, 2.45) is 16.5 Å². The van der Waals surface area contributed by atoms with Gasteiger partial charge in [0.1, 0.15) is 12.0 Å². The van der Waals surface area contributed by atoms with Gasteiger partial charge in [0.2, 0.25) is 0 Å². The van der Waals surface area contributed by atoms with Gasteiger partial charge in [0.05, 0.1) is 30.3 Å². The van der Waals surface area contributed by atoms with Crippen LogP contribution in [0, 0.1) is 0 Å². The molecule has 0 aliphatic carbocycles. The Morgan fingerprint density at radius 3 is 3.05 bits per heavy atom. The topological polar surface area (TPSA) is 152 Å². The Balaban J connectivity index is 2.06. The van der Waals surface area contributed by atoms with Gasteiger partial charge in [-0.05, 0) is 0 Å². The predicted molar refractivity (Wildman–Crippen MR) is 73.3 cm³/mol. The molecular formula is C10H14N6O3S. The molecule has 7 N–H and O–H groups in total. The van der Waals surface area contributed by atoms with Crippen molar-refractivity contribution < 1.29 is 15.0 Å². The van der Waals surface area contributed by atoms with E-state index >= 15 is 0 Å². The number of hydrogen-bond donors (Lipinski definition) is 5. The second-order valence-electron chi connectivity index (χ2n) is 4.60. The first-order chi connectivity index (χ1) is 9.52. The Hall–Kier alpha value is -1.78. The number of nitrogens with two attached hydrogens (primary N) is 2. The van der Waals surface area contributed by atoms with Crippen LogP contribution in [0.15, 0.2) is 11.3 Å². The van der Waals surface area contributed by atoms with Crippen LogP contribution in [0.25, 0.3) is 0 Å². The number of carbonyl (C=O) groups excluding carboxylic acids is 1. The number of aliphatic hydroxyl groups is 2. The number of aliphatic hydroxyl groups excluding tert-OH is 2. The maximum atomic E-state index is 11.4. The van der Waals surface area contributed by atoms with Crippen molar-refractivity contribution in [1.82, 2.24) is 9.55 Å². The molecule has 9 nitrogen and oxygen atoms in total. The van der Waals surface area contributed by atoms with Crippen LogP contribution in [0.4, 0.5) is 5.82 Å². The molecule has 0 bridgehead atoms. The third-order valence-electron chi connectivity index (χ3n) is 3.38. The van der Waals surface area contributed by atoms with Crippen molar-refractivity contribution in [3.63, 3.8) is 0 Å². The van der Waals surface area contributed by atoms with E-state index in [1.54, 1.807) is 4.57 Å². The lowest BCUT2D eigenvalue weighted by Gasteiger charge is -2.36. The monoisotopic (exact) mass is 298 g/mol. The number of thioether (sulfide) groups is 1. The lowest BCUT2D eigenvalue weighted by molar-refractivity contribution is 0.0731. The van der Waals surface area contributed by atoms with E-state index in [0.717, 1.165) is 0 Å². The molecule has 10 heteroatoms. The van der Waals surface area contributed by atoms with E-state index in [9.17, 15) is 9.90 Å². The van der Waals surface area contributed by atoms with E-state index < -0.39 is 24.7 Å². The summed E-state index contributed by atoms with van der Waals surface area (Å²) >= 11 is 1.31. The van der Waals surface area contributed by atoms with Crippen LogP contribution in [0.3, 0.4) is 0 Å². The summed E-state index contributed by atoms with van der Waals surface area (Å²) in [6.45, 7) is -0.415. The summed E-state index contributed by atoms with van der Waals surface area (Å²) in [5, 5.41) is 22.3. The highest BCUT2D eigenvalue weighted by atomic mass is 32.2. The average Bonchev–Trinajstić information content (AvgIpc) is 2.98. The second-order valence-corrected chi connectivity index (χ2v) is 5.80. The zero-order chi connectivity index (χ0) is 14.4. The molecule has 0 saturated heterocycles. The quantitative estimate of drug-likeness (QED) is 0.435. The van der Waals surface area contributed by atoms with Crippen LogP contribution >= 0.6 is 11.8 Å². The SMILES string of the molecule is NC(=O)c1ncn2c1N[C@H]([C@@H](O)CO)[C@@H]1SC(N)=N[C@@H]12. The van der Waals surface area contributed by atoms with Crippen LogP contribution in [0.5, 0.6) is 0 Å². The van der Waals surface area contributed by atoms with E-state index in [0.29, 0.717) is 11.0 Å². The minimum absolute atomic E-state index is 0.0734. The van der Waals surface area contributed by atoms with Crippen LogP contribution < -0.4 is 16.8 Å². The first-order valence-electron chi connectivity index (χ1n) is 5.95. The van der Waals surface area contributed by atoms with Crippen LogP contribution in [-0.2, 0) is 0 Å². The summed E-state index contributed by atoms with van der Waals surface area (Å²) in [6.07, 6.45) is 0.0631. The van der Waals surface area contributed by atoms with Crippen molar-refractivity contribution in [2.45, 2.75) is 23.6 Å². The number of rotatable bonds is 3. The van der Waals surface area contributed by atoms with Gasteiger partial charge in [0.15, 0.2) is 10.9 Å². The Morgan fingerprint density at radius 1 is 1.65 bits per heavy atom. The van der Waals surface area contributed by atoms with Gasteiger partial charge in [-0.25, -0.2) is 9.98 Å². The highest BCUT2D eigenvalue weighted by Gasteiger charge is 2.45. The number of imidazole rings is 1. The van der Waals surface area contributed by atoms with Gasteiger partial charge in [-0.15, -0.1) is 0 Å². The van der Waals surface area contributed by atoms with Gasteiger partial charge in [-0.2, -0.15) is 0 Å². The molecule has 0 aromatic carbocycles. The molecule has 1 amide bonds. The van der Waals surface area contributed by atoms with E-state index in [2.05, 4.69) is 15.3 Å². The fraction of sp³-hybridized carbons (Fsp3) is 0.500. The minimum Gasteiger partial charge on any atom is -0.394 e. The molecule has 20 heavy (non-hydrogen) atoms. The highest BCUT2D eigenvalue weighted by molar-refractivity contribution is 8.14. The summed E-state index contributed by atoms with van der Waals surface area (Å²) < 4.78 is 1.66. The fourth-order valence-electron chi connectivity index (χ4n) is 2.47. The number of fused-ring (bicyclic) bond motifs is 3. The summed E-state index contributed by atoms with van der Waals surface area (Å²) in [4.78, 5) is 19.6. The lowest BCUT2D eigenvalue weighted by Crippen LogP contribution is -2.50. The minimum atomic E-state index is -1.01. The smallest absolute Gasteiger partial charge is 0.271 e. The largest absolute Gasteiger partial charge is 0.394 e. The van der Waals surface area contributed by atoms with Crippen LogP contribution in [0.1, 0.15) is 16.7 Å². The standard InChI is InChI=1S/C10H14N6O3S/c11-7(19)5-8-14-4(3(18)1-17)6-9(15-10(12)20-6)16(8)2-13-5/h2-4,6,9,14,17-18H,1H2,(H2,11,19)(H2,12,15)/t3-,4+,6-,9+/m0/s1. The maximum Gasteiger partial charge on any atom is 0.271 e. The molecule has 3 rings (SSSR count). The molecule has 2 aliphatic heterocycles. The molecule has 108 valence electrons. The number of anilines is 1. The first-order valence-corrected chi connectivity index (χ1v) is 6.83. The van der Waals surface area contributed by atoms with Crippen molar-refractivity contribution >= 4 is 28.7 Å². The second kappa shape index (κ2) is 4.65. The normalized spacial score (nSPS) is 29.1. The molecule has 1 aromatic rings. The summed E-state index contributed by atoms with van der Waals surface area (Å²) in [5.41, 5.74) is 11.1. The van der Waals surface area contributed by atoms with Crippen molar-refractivity contribution in [2.75, 3.05) is 11.9 Å². The highest BCUT2D eigenvalue weighted by Crippen LogP contribution is 2.42. The zero-order valence-corrected chi connectivity index (χ0v) is 11.1. The fourth-order valence-corrected chi connectivity index (χ4v) is 3.62. The third-order valence-corrected chi connectivity index (χ3v) is 4.54. The van der Waals surface area contributed by atoms with Gasteiger partial charge in [-0.3, -0.25) is 9.36 Å². The Kier molecular flexibility index (Phi) is 3.07. The van der Waals surface area contributed by atoms with E-state index in [-0.39, 0.29) is 17.1 Å².